The van der Waals surface area contributed by atoms with E-state index < -0.39 is 0 Å². The van der Waals surface area contributed by atoms with Gasteiger partial charge in [-0.25, -0.2) is 0 Å². The van der Waals surface area contributed by atoms with Gasteiger partial charge in [0.1, 0.15) is 24.7 Å². The number of amides is 1. The predicted octanol–water partition coefficient (Wildman–Crippen LogP) is 3.67. The zero-order valence-electron chi connectivity index (χ0n) is 15.4. The van der Waals surface area contributed by atoms with E-state index in [0.717, 1.165) is 12.2 Å². The first-order valence-corrected chi connectivity index (χ1v) is 9.95. The van der Waals surface area contributed by atoms with Gasteiger partial charge >= 0.3 is 5.97 Å². The van der Waals surface area contributed by atoms with E-state index in [9.17, 15) is 9.59 Å². The van der Waals surface area contributed by atoms with Crippen molar-refractivity contribution < 1.29 is 23.8 Å². The maximum Gasteiger partial charge on any atom is 0.305 e. The van der Waals surface area contributed by atoms with Crippen LogP contribution < -0.4 is 14.8 Å². The first-order valence-electron chi connectivity index (χ1n) is 9.00. The van der Waals surface area contributed by atoms with Gasteiger partial charge in [0.05, 0.1) is 6.61 Å². The average Bonchev–Trinajstić information content (AvgIpc) is 3.22. The van der Waals surface area contributed by atoms with Gasteiger partial charge in [-0.05, 0) is 48.6 Å². The highest BCUT2D eigenvalue weighted by Crippen LogP contribution is 2.17. The molecule has 7 heteroatoms. The fourth-order valence-corrected chi connectivity index (χ4v) is 2.81. The van der Waals surface area contributed by atoms with Crippen molar-refractivity contribution in [2.24, 2.45) is 0 Å². The SMILES string of the molecule is CCCOc1ccc(OCCOC(=O)CCCNC(=O)c2ccsc2)cc1. The van der Waals surface area contributed by atoms with Gasteiger partial charge < -0.3 is 19.5 Å². The molecule has 0 aliphatic heterocycles. The van der Waals surface area contributed by atoms with Gasteiger partial charge in [0.15, 0.2) is 0 Å². The monoisotopic (exact) mass is 391 g/mol. The smallest absolute Gasteiger partial charge is 0.305 e. The van der Waals surface area contributed by atoms with Crippen LogP contribution in [0.1, 0.15) is 36.5 Å². The molecule has 6 nitrogen and oxygen atoms in total. The van der Waals surface area contributed by atoms with Crippen LogP contribution in [0.2, 0.25) is 0 Å². The van der Waals surface area contributed by atoms with Gasteiger partial charge in [0.2, 0.25) is 0 Å². The van der Waals surface area contributed by atoms with Crippen molar-refractivity contribution in [2.75, 3.05) is 26.4 Å². The molecular weight excluding hydrogens is 366 g/mol. The van der Waals surface area contributed by atoms with Gasteiger partial charge in [0, 0.05) is 23.9 Å². The number of thiophene rings is 1. The summed E-state index contributed by atoms with van der Waals surface area (Å²) in [6.45, 7) is 3.66. The van der Waals surface area contributed by atoms with Crippen molar-refractivity contribution in [3.8, 4) is 11.5 Å². The van der Waals surface area contributed by atoms with Crippen molar-refractivity contribution >= 4 is 23.2 Å². The third-order valence-electron chi connectivity index (χ3n) is 3.54. The summed E-state index contributed by atoms with van der Waals surface area (Å²) in [5, 5.41) is 6.41. The molecule has 1 amide bonds. The number of ether oxygens (including phenoxy) is 3. The number of hydrogen-bond donors (Lipinski definition) is 1. The summed E-state index contributed by atoms with van der Waals surface area (Å²) in [7, 11) is 0. The molecule has 27 heavy (non-hydrogen) atoms. The van der Waals surface area contributed by atoms with Crippen molar-refractivity contribution in [3.63, 3.8) is 0 Å². The number of hydrogen-bond acceptors (Lipinski definition) is 6. The van der Waals surface area contributed by atoms with E-state index in [1.165, 1.54) is 11.3 Å². The van der Waals surface area contributed by atoms with E-state index in [0.29, 0.717) is 30.9 Å². The van der Waals surface area contributed by atoms with Crippen LogP contribution >= 0.6 is 11.3 Å². The molecule has 0 fully saturated rings. The third kappa shape index (κ3) is 8.13. The lowest BCUT2D eigenvalue weighted by Crippen LogP contribution is -2.24. The minimum Gasteiger partial charge on any atom is -0.494 e. The molecule has 0 atom stereocenters. The van der Waals surface area contributed by atoms with E-state index in [4.69, 9.17) is 14.2 Å². The van der Waals surface area contributed by atoms with Crippen LogP contribution in [0.5, 0.6) is 11.5 Å². The van der Waals surface area contributed by atoms with Crippen molar-refractivity contribution in [3.05, 3.63) is 46.7 Å². The van der Waals surface area contributed by atoms with Crippen LogP contribution in [0.3, 0.4) is 0 Å². The number of esters is 1. The van der Waals surface area contributed by atoms with E-state index in [2.05, 4.69) is 12.2 Å². The van der Waals surface area contributed by atoms with Crippen LogP contribution in [0.25, 0.3) is 0 Å². The Hall–Kier alpha value is -2.54. The summed E-state index contributed by atoms with van der Waals surface area (Å²) in [5.74, 6) is 1.09. The normalized spacial score (nSPS) is 10.3. The van der Waals surface area contributed by atoms with Crippen LogP contribution in [0.15, 0.2) is 41.1 Å². The van der Waals surface area contributed by atoms with Crippen molar-refractivity contribution in [1.82, 2.24) is 5.32 Å². The highest BCUT2D eigenvalue weighted by atomic mass is 32.1. The Morgan fingerprint density at radius 3 is 2.33 bits per heavy atom. The van der Waals surface area contributed by atoms with Crippen LogP contribution in [-0.4, -0.2) is 38.2 Å². The molecule has 2 rings (SSSR count). The summed E-state index contributed by atoms with van der Waals surface area (Å²) >= 11 is 1.47. The van der Waals surface area contributed by atoms with Gasteiger partial charge in [-0.3, -0.25) is 9.59 Å². The third-order valence-corrected chi connectivity index (χ3v) is 4.22. The van der Waals surface area contributed by atoms with E-state index in [-0.39, 0.29) is 31.5 Å². The molecule has 0 spiro atoms. The quantitative estimate of drug-likeness (QED) is 0.441. The van der Waals surface area contributed by atoms with Gasteiger partial charge in [-0.2, -0.15) is 11.3 Å². The standard InChI is InChI=1S/C20H25NO5S/c1-2-11-24-17-5-7-18(8-6-17)25-12-13-26-19(22)4-3-10-21-20(23)16-9-14-27-15-16/h5-9,14-15H,2-4,10-13H2,1H3,(H,21,23). The zero-order chi connectivity index (χ0) is 19.3. The first-order chi connectivity index (χ1) is 13.2. The molecule has 0 aliphatic rings. The molecule has 2 aromatic rings. The molecule has 0 unspecified atom stereocenters. The molecule has 1 heterocycles. The molecule has 1 aromatic carbocycles. The number of benzene rings is 1. The first kappa shape index (κ1) is 20.8. The topological polar surface area (TPSA) is 73.9 Å². The summed E-state index contributed by atoms with van der Waals surface area (Å²) in [5.41, 5.74) is 0.643. The molecule has 146 valence electrons. The summed E-state index contributed by atoms with van der Waals surface area (Å²) in [6.07, 6.45) is 1.76. The zero-order valence-corrected chi connectivity index (χ0v) is 16.3. The molecule has 1 N–H and O–H groups in total. The lowest BCUT2D eigenvalue weighted by Gasteiger charge is -2.09. The number of carbonyl (C=O) groups is 2. The number of carbonyl (C=O) groups excluding carboxylic acids is 2. The Labute approximate surface area is 163 Å². The van der Waals surface area contributed by atoms with E-state index in [1.807, 2.05) is 29.6 Å². The molecule has 0 radical (unpaired) electrons. The molecule has 0 saturated carbocycles. The van der Waals surface area contributed by atoms with Crippen LogP contribution in [-0.2, 0) is 9.53 Å². The number of rotatable bonds is 12. The summed E-state index contributed by atoms with van der Waals surface area (Å²) < 4.78 is 16.1. The second kappa shape index (κ2) is 12.0. The Kier molecular flexibility index (Phi) is 9.20. The summed E-state index contributed by atoms with van der Waals surface area (Å²) in [4.78, 5) is 23.4. The Balaban J connectivity index is 1.51. The second-order valence-electron chi connectivity index (χ2n) is 5.76. The van der Waals surface area contributed by atoms with Gasteiger partial charge in [-0.1, -0.05) is 6.92 Å². The summed E-state index contributed by atoms with van der Waals surface area (Å²) in [6, 6.07) is 9.11. The lowest BCUT2D eigenvalue weighted by molar-refractivity contribution is -0.144. The minimum absolute atomic E-state index is 0.121. The highest BCUT2D eigenvalue weighted by molar-refractivity contribution is 7.08. The van der Waals surface area contributed by atoms with Crippen molar-refractivity contribution in [1.29, 1.82) is 0 Å². The largest absolute Gasteiger partial charge is 0.494 e. The Morgan fingerprint density at radius 2 is 1.70 bits per heavy atom. The van der Waals surface area contributed by atoms with Gasteiger partial charge in [0.25, 0.3) is 5.91 Å². The predicted molar refractivity (Wildman–Crippen MR) is 105 cm³/mol. The maximum absolute atomic E-state index is 11.7. The lowest BCUT2D eigenvalue weighted by atomic mass is 10.3. The Morgan fingerprint density at radius 1 is 1.00 bits per heavy atom. The average molecular weight is 391 g/mol. The minimum atomic E-state index is -0.299. The molecule has 0 aliphatic carbocycles. The van der Waals surface area contributed by atoms with E-state index >= 15 is 0 Å². The molecule has 1 aromatic heterocycles. The van der Waals surface area contributed by atoms with Crippen LogP contribution in [0.4, 0.5) is 0 Å². The molecular formula is C20H25NO5S. The second-order valence-corrected chi connectivity index (χ2v) is 6.54. The molecule has 0 saturated heterocycles. The van der Waals surface area contributed by atoms with Crippen molar-refractivity contribution in [2.45, 2.75) is 26.2 Å². The maximum atomic E-state index is 11.7. The van der Waals surface area contributed by atoms with Gasteiger partial charge in [-0.15, -0.1) is 0 Å². The fourth-order valence-electron chi connectivity index (χ4n) is 2.17. The van der Waals surface area contributed by atoms with E-state index in [1.54, 1.807) is 11.4 Å². The fraction of sp³-hybridized carbons (Fsp3) is 0.400. The Bertz CT molecular complexity index is 685. The number of nitrogens with one attached hydrogen (secondary N) is 1. The molecule has 0 bridgehead atoms. The van der Waals surface area contributed by atoms with Crippen LogP contribution in [0, 0.1) is 0 Å². The highest BCUT2D eigenvalue weighted by Gasteiger charge is 2.06.